The van der Waals surface area contributed by atoms with Gasteiger partial charge in [-0.2, -0.15) is 0 Å². The van der Waals surface area contributed by atoms with E-state index in [9.17, 15) is 0 Å². The first-order chi connectivity index (χ1) is 18.8. The molecule has 0 aliphatic carbocycles. The third kappa shape index (κ3) is 3.19. The maximum Gasteiger partial charge on any atom is 0.118 e. The molecule has 8 aromatic rings. The molecule has 0 spiro atoms. The fraction of sp³-hybridized carbons (Fsp3) is 0.0286. The Morgan fingerprint density at radius 3 is 2.24 bits per heavy atom. The Kier molecular flexibility index (Phi) is 4.64. The molecule has 0 aliphatic heterocycles. The van der Waals surface area contributed by atoms with Crippen LogP contribution in [0.4, 0.5) is 0 Å². The van der Waals surface area contributed by atoms with Gasteiger partial charge in [0.1, 0.15) is 5.75 Å². The predicted octanol–water partition coefficient (Wildman–Crippen LogP) is 9.98. The second-order valence-corrected chi connectivity index (χ2v) is 10.9. The normalized spacial score (nSPS) is 11.8. The Bertz CT molecular complexity index is 2150. The molecule has 0 bridgehead atoms. The lowest BCUT2D eigenvalue weighted by Gasteiger charge is -2.14. The van der Waals surface area contributed by atoms with Crippen molar-refractivity contribution in [3.63, 3.8) is 0 Å². The van der Waals surface area contributed by atoms with E-state index >= 15 is 0 Å². The summed E-state index contributed by atoms with van der Waals surface area (Å²) in [5, 5.41) is 8.97. The third-order valence-corrected chi connectivity index (χ3v) is 8.83. The van der Waals surface area contributed by atoms with Crippen LogP contribution in [0.25, 0.3) is 69.4 Å². The molecule has 2 heterocycles. The smallest absolute Gasteiger partial charge is 0.118 e. The maximum atomic E-state index is 5.44. The number of aromatic nitrogens is 1. The number of para-hydroxylation sites is 1. The summed E-state index contributed by atoms with van der Waals surface area (Å²) in [5.41, 5.74) is 4.83. The van der Waals surface area contributed by atoms with Crippen LogP contribution in [0.3, 0.4) is 0 Å². The summed E-state index contributed by atoms with van der Waals surface area (Å²) in [4.78, 5) is 0. The molecule has 8 rings (SSSR count). The third-order valence-electron chi connectivity index (χ3n) is 7.69. The molecule has 0 saturated carbocycles. The van der Waals surface area contributed by atoms with Crippen LogP contribution in [0, 0.1) is 0 Å². The molecule has 0 amide bonds. The van der Waals surface area contributed by atoms with E-state index < -0.39 is 0 Å². The van der Waals surface area contributed by atoms with Crippen LogP contribution in [0.1, 0.15) is 0 Å². The SMILES string of the molecule is COc1ccc(-c2cc3cc4ccn(-c5ccccc5)c4cc3c3cc4sc5ccccc5c4cc23)cc1. The van der Waals surface area contributed by atoms with E-state index in [0.717, 1.165) is 5.75 Å². The van der Waals surface area contributed by atoms with Crippen molar-refractivity contribution in [2.75, 3.05) is 7.11 Å². The molecular formula is C35H23NOS. The zero-order chi connectivity index (χ0) is 25.2. The minimum absolute atomic E-state index is 0.869. The Balaban J connectivity index is 1.50. The van der Waals surface area contributed by atoms with Crippen LogP contribution in [-0.4, -0.2) is 11.7 Å². The average Bonchev–Trinajstić information content (AvgIpc) is 3.56. The molecule has 0 saturated heterocycles. The zero-order valence-electron chi connectivity index (χ0n) is 20.8. The molecule has 38 heavy (non-hydrogen) atoms. The van der Waals surface area contributed by atoms with Gasteiger partial charge < -0.3 is 9.30 Å². The fourth-order valence-corrected chi connectivity index (χ4v) is 6.95. The van der Waals surface area contributed by atoms with E-state index in [-0.39, 0.29) is 0 Å². The quantitative estimate of drug-likeness (QED) is 0.218. The summed E-state index contributed by atoms with van der Waals surface area (Å²) >= 11 is 1.88. The van der Waals surface area contributed by atoms with Crippen molar-refractivity contribution in [3.8, 4) is 22.6 Å². The van der Waals surface area contributed by atoms with Gasteiger partial charge in [0.2, 0.25) is 0 Å². The first kappa shape index (κ1) is 21.5. The van der Waals surface area contributed by atoms with E-state index in [1.165, 1.54) is 69.4 Å². The molecule has 2 aromatic heterocycles. The topological polar surface area (TPSA) is 14.2 Å². The highest BCUT2D eigenvalue weighted by atomic mass is 32.1. The molecule has 0 fully saturated rings. The van der Waals surface area contributed by atoms with Crippen LogP contribution in [-0.2, 0) is 0 Å². The van der Waals surface area contributed by atoms with Crippen molar-refractivity contribution >= 4 is 64.0 Å². The number of hydrogen-bond acceptors (Lipinski definition) is 2. The lowest BCUT2D eigenvalue weighted by atomic mass is 9.91. The standard InChI is InChI=1S/C35H23NOS/c1-37-26-13-11-22(12-14-26)28-18-24-17-23-15-16-36(25-7-3-2-4-8-25)33(23)20-29(24)31-21-35-32(19-30(28)31)27-9-5-6-10-34(27)38-35/h2-21H,1H3. The van der Waals surface area contributed by atoms with Crippen LogP contribution < -0.4 is 4.74 Å². The highest BCUT2D eigenvalue weighted by molar-refractivity contribution is 7.25. The number of thiophene rings is 1. The summed E-state index contributed by atoms with van der Waals surface area (Å²) in [6.45, 7) is 0. The molecule has 180 valence electrons. The largest absolute Gasteiger partial charge is 0.497 e. The number of fused-ring (bicyclic) bond motifs is 7. The monoisotopic (exact) mass is 505 g/mol. The molecule has 0 atom stereocenters. The molecule has 0 N–H and O–H groups in total. The van der Waals surface area contributed by atoms with Gasteiger partial charge in [0.15, 0.2) is 0 Å². The Morgan fingerprint density at radius 1 is 0.579 bits per heavy atom. The maximum absolute atomic E-state index is 5.44. The van der Waals surface area contributed by atoms with E-state index in [0.29, 0.717) is 0 Å². The molecule has 0 aliphatic rings. The summed E-state index contributed by atoms with van der Waals surface area (Å²) in [6, 6.07) is 41.8. The van der Waals surface area contributed by atoms with Gasteiger partial charge in [0, 0.05) is 37.4 Å². The summed E-state index contributed by atoms with van der Waals surface area (Å²) in [5.74, 6) is 0.869. The highest BCUT2D eigenvalue weighted by Crippen LogP contribution is 2.43. The molecule has 0 unspecified atom stereocenters. The number of hydrogen-bond donors (Lipinski definition) is 0. The highest BCUT2D eigenvalue weighted by Gasteiger charge is 2.15. The van der Waals surface area contributed by atoms with E-state index in [1.54, 1.807) is 7.11 Å². The lowest BCUT2D eigenvalue weighted by molar-refractivity contribution is 0.415. The van der Waals surface area contributed by atoms with Crippen LogP contribution in [0.15, 0.2) is 121 Å². The second kappa shape index (κ2) is 8.20. The Morgan fingerprint density at radius 2 is 1.39 bits per heavy atom. The van der Waals surface area contributed by atoms with Crippen molar-refractivity contribution in [2.24, 2.45) is 0 Å². The summed E-state index contributed by atoms with van der Waals surface area (Å²) < 4.78 is 10.4. The number of methoxy groups -OCH3 is 1. The van der Waals surface area contributed by atoms with Gasteiger partial charge in [0.05, 0.1) is 12.6 Å². The van der Waals surface area contributed by atoms with E-state index in [2.05, 4.69) is 114 Å². The molecule has 2 nitrogen and oxygen atoms in total. The van der Waals surface area contributed by atoms with E-state index in [4.69, 9.17) is 4.74 Å². The minimum atomic E-state index is 0.869. The minimum Gasteiger partial charge on any atom is -0.497 e. The lowest BCUT2D eigenvalue weighted by Crippen LogP contribution is -1.91. The van der Waals surface area contributed by atoms with Crippen molar-refractivity contribution in [2.45, 2.75) is 0 Å². The van der Waals surface area contributed by atoms with Crippen molar-refractivity contribution < 1.29 is 4.74 Å². The van der Waals surface area contributed by atoms with Gasteiger partial charge >= 0.3 is 0 Å². The number of rotatable bonds is 3. The van der Waals surface area contributed by atoms with Crippen LogP contribution >= 0.6 is 11.3 Å². The van der Waals surface area contributed by atoms with Gasteiger partial charge in [-0.3, -0.25) is 0 Å². The number of ether oxygens (including phenoxy) is 1. The summed E-state index contributed by atoms with van der Waals surface area (Å²) in [6.07, 6.45) is 2.18. The van der Waals surface area contributed by atoms with Crippen LogP contribution in [0.5, 0.6) is 5.75 Å². The van der Waals surface area contributed by atoms with Gasteiger partial charge in [-0.25, -0.2) is 0 Å². The van der Waals surface area contributed by atoms with E-state index in [1.807, 2.05) is 23.5 Å². The zero-order valence-corrected chi connectivity index (χ0v) is 21.6. The first-order valence-corrected chi connectivity index (χ1v) is 13.6. The van der Waals surface area contributed by atoms with Crippen molar-refractivity contribution in [3.05, 3.63) is 121 Å². The van der Waals surface area contributed by atoms with Gasteiger partial charge in [-0.05, 0) is 99.4 Å². The number of nitrogens with zero attached hydrogens (tertiary/aromatic N) is 1. The molecular weight excluding hydrogens is 482 g/mol. The summed E-state index contributed by atoms with van der Waals surface area (Å²) in [7, 11) is 1.71. The Labute approximate surface area is 223 Å². The second-order valence-electron chi connectivity index (χ2n) is 9.80. The fourth-order valence-electron chi connectivity index (χ4n) is 5.83. The molecule has 0 radical (unpaired) electrons. The molecule has 6 aromatic carbocycles. The first-order valence-electron chi connectivity index (χ1n) is 12.8. The van der Waals surface area contributed by atoms with Gasteiger partial charge in [-0.15, -0.1) is 11.3 Å². The van der Waals surface area contributed by atoms with Crippen molar-refractivity contribution in [1.29, 1.82) is 0 Å². The average molecular weight is 506 g/mol. The van der Waals surface area contributed by atoms with Crippen molar-refractivity contribution in [1.82, 2.24) is 4.57 Å². The van der Waals surface area contributed by atoms with Gasteiger partial charge in [0.25, 0.3) is 0 Å². The van der Waals surface area contributed by atoms with Crippen LogP contribution in [0.2, 0.25) is 0 Å². The Hall–Kier alpha value is -4.60. The van der Waals surface area contributed by atoms with Gasteiger partial charge in [-0.1, -0.05) is 48.5 Å². The predicted molar refractivity (Wildman–Crippen MR) is 163 cm³/mol. The molecule has 3 heteroatoms. The number of benzene rings is 6.